The van der Waals surface area contributed by atoms with Gasteiger partial charge in [-0.05, 0) is 48.6 Å². The van der Waals surface area contributed by atoms with Gasteiger partial charge in [-0.2, -0.15) is 0 Å². The van der Waals surface area contributed by atoms with Gasteiger partial charge in [0.2, 0.25) is 11.8 Å². The fourth-order valence-electron chi connectivity index (χ4n) is 5.15. The molecule has 2 unspecified atom stereocenters. The van der Waals surface area contributed by atoms with Gasteiger partial charge in [0.15, 0.2) is 5.69 Å². The van der Waals surface area contributed by atoms with Crippen LogP contribution >= 0.6 is 0 Å². The Bertz CT molecular complexity index is 1380. The predicted octanol–water partition coefficient (Wildman–Crippen LogP) is 1.49. The SMILES string of the molecule is O=C1CCC(N2Cc3cc(-n4cc(C(=O)N5CCC5Cc5ccccc5)nn4)ccc3C2=O)C(=O)N1. The maximum Gasteiger partial charge on any atom is 0.276 e. The van der Waals surface area contributed by atoms with Crippen molar-refractivity contribution >= 4 is 23.6 Å². The molecule has 36 heavy (non-hydrogen) atoms. The van der Waals surface area contributed by atoms with Crippen LogP contribution in [-0.4, -0.2) is 67.1 Å². The second kappa shape index (κ2) is 8.71. The molecule has 1 aromatic heterocycles. The van der Waals surface area contributed by atoms with Gasteiger partial charge in [-0.1, -0.05) is 35.5 Å². The number of imide groups is 1. The summed E-state index contributed by atoms with van der Waals surface area (Å²) in [5, 5.41) is 10.6. The van der Waals surface area contributed by atoms with Gasteiger partial charge in [-0.15, -0.1) is 5.10 Å². The number of nitrogens with one attached hydrogen (secondary N) is 1. The fraction of sp³-hybridized carbons (Fsp3) is 0.308. The Kier molecular flexibility index (Phi) is 5.36. The minimum absolute atomic E-state index is 0.145. The summed E-state index contributed by atoms with van der Waals surface area (Å²) in [4.78, 5) is 53.1. The summed E-state index contributed by atoms with van der Waals surface area (Å²) in [5.74, 6) is -1.14. The molecule has 0 aliphatic carbocycles. The Labute approximate surface area is 206 Å². The molecule has 182 valence electrons. The number of aromatic nitrogens is 3. The van der Waals surface area contributed by atoms with E-state index in [0.29, 0.717) is 24.2 Å². The Balaban J connectivity index is 1.16. The quantitative estimate of drug-likeness (QED) is 0.549. The number of carbonyl (C=O) groups excluding carboxylic acids is 4. The molecule has 10 nitrogen and oxygen atoms in total. The number of likely N-dealkylation sites (tertiary alicyclic amines) is 1. The topological polar surface area (TPSA) is 118 Å². The molecule has 3 aromatic rings. The number of rotatable bonds is 5. The highest BCUT2D eigenvalue weighted by Crippen LogP contribution is 2.29. The van der Waals surface area contributed by atoms with Crippen LogP contribution < -0.4 is 5.32 Å². The number of hydrogen-bond donors (Lipinski definition) is 1. The molecule has 2 saturated heterocycles. The van der Waals surface area contributed by atoms with Crippen molar-refractivity contribution in [2.24, 2.45) is 0 Å². The summed E-state index contributed by atoms with van der Waals surface area (Å²) in [7, 11) is 0. The van der Waals surface area contributed by atoms with Crippen LogP contribution in [0.15, 0.2) is 54.7 Å². The molecule has 2 aromatic carbocycles. The highest BCUT2D eigenvalue weighted by atomic mass is 16.2. The lowest BCUT2D eigenvalue weighted by molar-refractivity contribution is -0.136. The van der Waals surface area contributed by atoms with Gasteiger partial charge in [-0.25, -0.2) is 4.68 Å². The van der Waals surface area contributed by atoms with E-state index in [-0.39, 0.29) is 42.4 Å². The molecule has 4 heterocycles. The second-order valence-electron chi connectivity index (χ2n) is 9.42. The second-order valence-corrected chi connectivity index (χ2v) is 9.42. The van der Waals surface area contributed by atoms with Crippen LogP contribution in [0, 0.1) is 0 Å². The average Bonchev–Trinajstić information content (AvgIpc) is 3.48. The van der Waals surface area contributed by atoms with Crippen LogP contribution in [0.4, 0.5) is 0 Å². The number of fused-ring (bicyclic) bond motifs is 1. The van der Waals surface area contributed by atoms with Crippen molar-refractivity contribution in [2.75, 3.05) is 6.54 Å². The van der Waals surface area contributed by atoms with E-state index in [1.807, 2.05) is 29.2 Å². The first-order valence-electron chi connectivity index (χ1n) is 12.0. The summed E-state index contributed by atoms with van der Waals surface area (Å²) in [6.45, 7) is 0.962. The van der Waals surface area contributed by atoms with Crippen LogP contribution in [0.3, 0.4) is 0 Å². The molecule has 0 saturated carbocycles. The highest BCUT2D eigenvalue weighted by molar-refractivity contribution is 6.05. The first kappa shape index (κ1) is 22.1. The Morgan fingerprint density at radius 2 is 1.89 bits per heavy atom. The minimum atomic E-state index is -0.665. The van der Waals surface area contributed by atoms with Crippen LogP contribution in [0.5, 0.6) is 0 Å². The molecule has 0 spiro atoms. The molecule has 3 aliphatic heterocycles. The number of hydrogen-bond acceptors (Lipinski definition) is 6. The van der Waals surface area contributed by atoms with Crippen LogP contribution in [0.25, 0.3) is 5.69 Å². The Morgan fingerprint density at radius 3 is 2.64 bits per heavy atom. The smallest absolute Gasteiger partial charge is 0.276 e. The first-order valence-corrected chi connectivity index (χ1v) is 12.0. The number of benzene rings is 2. The number of carbonyl (C=O) groups is 4. The summed E-state index contributed by atoms with van der Waals surface area (Å²) in [5.41, 5.74) is 3.42. The average molecular weight is 485 g/mol. The van der Waals surface area contributed by atoms with E-state index in [4.69, 9.17) is 0 Å². The third kappa shape index (κ3) is 3.84. The van der Waals surface area contributed by atoms with E-state index in [0.717, 1.165) is 18.4 Å². The van der Waals surface area contributed by atoms with Crippen molar-refractivity contribution in [3.8, 4) is 5.69 Å². The summed E-state index contributed by atoms with van der Waals surface area (Å²) < 4.78 is 1.53. The van der Waals surface area contributed by atoms with Gasteiger partial charge < -0.3 is 9.80 Å². The summed E-state index contributed by atoms with van der Waals surface area (Å²) >= 11 is 0. The van der Waals surface area contributed by atoms with Crippen molar-refractivity contribution in [1.82, 2.24) is 30.1 Å². The zero-order valence-corrected chi connectivity index (χ0v) is 19.5. The normalized spacial score (nSPS) is 21.3. The van der Waals surface area contributed by atoms with Crippen molar-refractivity contribution in [1.29, 1.82) is 0 Å². The molecular formula is C26H24N6O4. The van der Waals surface area contributed by atoms with Crippen LogP contribution in [0.1, 0.15) is 51.2 Å². The molecule has 1 N–H and O–H groups in total. The molecule has 3 aliphatic rings. The van der Waals surface area contributed by atoms with Crippen molar-refractivity contribution in [2.45, 2.75) is 44.3 Å². The number of piperidine rings is 1. The molecule has 10 heteroatoms. The molecule has 6 rings (SSSR count). The van der Waals surface area contributed by atoms with Crippen LogP contribution in [0.2, 0.25) is 0 Å². The zero-order chi connectivity index (χ0) is 24.8. The van der Waals surface area contributed by atoms with Gasteiger partial charge in [0.1, 0.15) is 6.04 Å². The molecule has 2 atom stereocenters. The standard InChI is InChI=1S/C26H24N6O4/c33-23-9-8-22(24(34)27-23)31-14-17-13-19(6-7-20(17)25(31)35)32-15-21(28-29-32)26(36)30-11-10-18(30)12-16-4-2-1-3-5-16/h1-7,13,15,18,22H,8-12,14H2,(H,27,33,34). The summed E-state index contributed by atoms with van der Waals surface area (Å²) in [6.07, 6.45) is 3.89. The molecular weight excluding hydrogens is 460 g/mol. The van der Waals surface area contributed by atoms with E-state index >= 15 is 0 Å². The number of nitrogens with zero attached hydrogens (tertiary/aromatic N) is 5. The van der Waals surface area contributed by atoms with Crippen molar-refractivity contribution in [3.05, 3.63) is 77.1 Å². The largest absolute Gasteiger partial charge is 0.334 e. The van der Waals surface area contributed by atoms with E-state index in [2.05, 4.69) is 27.8 Å². The molecule has 2 fully saturated rings. The first-order chi connectivity index (χ1) is 17.5. The predicted molar refractivity (Wildman–Crippen MR) is 127 cm³/mol. The van der Waals surface area contributed by atoms with E-state index in [9.17, 15) is 19.2 Å². The highest BCUT2D eigenvalue weighted by Gasteiger charge is 2.39. The third-order valence-electron chi connectivity index (χ3n) is 7.20. The van der Waals surface area contributed by atoms with Gasteiger partial charge >= 0.3 is 0 Å². The monoisotopic (exact) mass is 484 g/mol. The lowest BCUT2D eigenvalue weighted by atomic mass is 9.95. The number of amides is 4. The molecule has 0 bridgehead atoms. The maximum atomic E-state index is 13.1. The Hall–Kier alpha value is -4.34. The molecule has 0 radical (unpaired) electrons. The fourth-order valence-corrected chi connectivity index (χ4v) is 5.15. The third-order valence-corrected chi connectivity index (χ3v) is 7.20. The Morgan fingerprint density at radius 1 is 1.06 bits per heavy atom. The van der Waals surface area contributed by atoms with Gasteiger partial charge in [0.05, 0.1) is 11.9 Å². The van der Waals surface area contributed by atoms with Crippen molar-refractivity contribution < 1.29 is 19.2 Å². The van der Waals surface area contributed by atoms with Gasteiger partial charge in [0.25, 0.3) is 11.8 Å². The van der Waals surface area contributed by atoms with Gasteiger partial charge in [0, 0.05) is 31.1 Å². The lowest BCUT2D eigenvalue weighted by Crippen LogP contribution is -2.52. The minimum Gasteiger partial charge on any atom is -0.334 e. The zero-order valence-electron chi connectivity index (χ0n) is 19.5. The van der Waals surface area contributed by atoms with E-state index < -0.39 is 11.9 Å². The van der Waals surface area contributed by atoms with Crippen molar-refractivity contribution in [3.63, 3.8) is 0 Å². The summed E-state index contributed by atoms with van der Waals surface area (Å²) in [6, 6.07) is 14.9. The lowest BCUT2D eigenvalue weighted by Gasteiger charge is -2.40. The van der Waals surface area contributed by atoms with E-state index in [1.54, 1.807) is 18.3 Å². The van der Waals surface area contributed by atoms with Gasteiger partial charge in [-0.3, -0.25) is 24.5 Å². The molecule has 4 amide bonds. The maximum absolute atomic E-state index is 13.1. The van der Waals surface area contributed by atoms with Crippen LogP contribution in [-0.2, 0) is 22.6 Å². The van der Waals surface area contributed by atoms with E-state index in [1.165, 1.54) is 15.1 Å².